The van der Waals surface area contributed by atoms with Crippen molar-refractivity contribution in [1.29, 1.82) is 0 Å². The van der Waals surface area contributed by atoms with Gasteiger partial charge in [0, 0.05) is 30.3 Å². The molecular weight excluding hydrogens is 286 g/mol. The summed E-state index contributed by atoms with van der Waals surface area (Å²) in [7, 11) is 0. The SMILES string of the molecule is Cc1nc(-c2c[nH]c(C(=O)NCCCCCCO)c2)cs1. The maximum Gasteiger partial charge on any atom is 0.267 e. The third-order valence-electron chi connectivity index (χ3n) is 3.21. The molecule has 3 N–H and O–H groups in total. The van der Waals surface area contributed by atoms with Gasteiger partial charge in [0.2, 0.25) is 0 Å². The number of aryl methyl sites for hydroxylation is 1. The summed E-state index contributed by atoms with van der Waals surface area (Å²) >= 11 is 1.60. The summed E-state index contributed by atoms with van der Waals surface area (Å²) < 4.78 is 0. The van der Waals surface area contributed by atoms with Crippen LogP contribution >= 0.6 is 11.3 Å². The van der Waals surface area contributed by atoms with Gasteiger partial charge in [-0.3, -0.25) is 4.79 Å². The Labute approximate surface area is 128 Å². The summed E-state index contributed by atoms with van der Waals surface area (Å²) in [5.74, 6) is -0.0876. The molecule has 1 amide bonds. The van der Waals surface area contributed by atoms with Crippen molar-refractivity contribution in [2.24, 2.45) is 0 Å². The lowest BCUT2D eigenvalue weighted by atomic mass is 10.2. The molecule has 0 aliphatic carbocycles. The second-order valence-corrected chi connectivity index (χ2v) is 6.01. The molecule has 0 saturated carbocycles. The summed E-state index contributed by atoms with van der Waals surface area (Å²) in [6.07, 6.45) is 5.60. The van der Waals surface area contributed by atoms with Crippen molar-refractivity contribution in [2.75, 3.05) is 13.2 Å². The van der Waals surface area contributed by atoms with E-state index in [1.807, 2.05) is 24.6 Å². The average Bonchev–Trinajstić information content (AvgIpc) is 3.11. The van der Waals surface area contributed by atoms with Crippen molar-refractivity contribution in [3.05, 3.63) is 28.3 Å². The minimum absolute atomic E-state index is 0.0876. The summed E-state index contributed by atoms with van der Waals surface area (Å²) in [6, 6.07) is 1.83. The Bertz CT molecular complexity index is 577. The number of thiazole rings is 1. The number of rotatable bonds is 8. The van der Waals surface area contributed by atoms with E-state index in [0.717, 1.165) is 41.9 Å². The average molecular weight is 307 g/mol. The van der Waals surface area contributed by atoms with E-state index < -0.39 is 0 Å². The predicted molar refractivity (Wildman–Crippen MR) is 84.5 cm³/mol. The van der Waals surface area contributed by atoms with Crippen molar-refractivity contribution >= 4 is 17.2 Å². The Morgan fingerprint density at radius 3 is 2.90 bits per heavy atom. The predicted octanol–water partition coefficient (Wildman–Crippen LogP) is 2.73. The second-order valence-electron chi connectivity index (χ2n) is 4.95. The third kappa shape index (κ3) is 4.68. The molecule has 2 aromatic rings. The monoisotopic (exact) mass is 307 g/mol. The van der Waals surface area contributed by atoms with Crippen LogP contribution in [-0.4, -0.2) is 34.1 Å². The van der Waals surface area contributed by atoms with Crippen LogP contribution in [0, 0.1) is 6.92 Å². The first-order valence-electron chi connectivity index (χ1n) is 7.20. The number of nitrogens with zero attached hydrogens (tertiary/aromatic N) is 1. The van der Waals surface area contributed by atoms with Gasteiger partial charge in [-0.05, 0) is 25.8 Å². The van der Waals surface area contributed by atoms with E-state index in [1.54, 1.807) is 11.3 Å². The number of hydrogen-bond donors (Lipinski definition) is 3. The first-order valence-corrected chi connectivity index (χ1v) is 8.08. The molecule has 0 aliphatic rings. The molecule has 2 aromatic heterocycles. The Morgan fingerprint density at radius 2 is 2.19 bits per heavy atom. The number of H-pyrrole nitrogens is 1. The number of aliphatic hydroxyl groups excluding tert-OH is 1. The van der Waals surface area contributed by atoms with Crippen molar-refractivity contribution in [1.82, 2.24) is 15.3 Å². The first kappa shape index (κ1) is 15.7. The third-order valence-corrected chi connectivity index (χ3v) is 3.99. The number of aromatic amines is 1. The lowest BCUT2D eigenvalue weighted by molar-refractivity contribution is 0.0948. The molecule has 0 unspecified atom stereocenters. The molecule has 0 aromatic carbocycles. The highest BCUT2D eigenvalue weighted by molar-refractivity contribution is 7.09. The van der Waals surface area contributed by atoms with Gasteiger partial charge in [-0.15, -0.1) is 11.3 Å². The topological polar surface area (TPSA) is 78.0 Å². The zero-order chi connectivity index (χ0) is 15.1. The van der Waals surface area contributed by atoms with Crippen LogP contribution in [0.25, 0.3) is 11.3 Å². The molecule has 0 atom stereocenters. The lowest BCUT2D eigenvalue weighted by Crippen LogP contribution is -2.24. The van der Waals surface area contributed by atoms with Gasteiger partial charge >= 0.3 is 0 Å². The van der Waals surface area contributed by atoms with E-state index in [-0.39, 0.29) is 12.5 Å². The molecular formula is C15H21N3O2S. The number of hydrogen-bond acceptors (Lipinski definition) is 4. The fourth-order valence-electron chi connectivity index (χ4n) is 2.06. The highest BCUT2D eigenvalue weighted by atomic mass is 32.1. The van der Waals surface area contributed by atoms with Crippen LogP contribution in [0.15, 0.2) is 17.6 Å². The zero-order valence-electron chi connectivity index (χ0n) is 12.2. The zero-order valence-corrected chi connectivity index (χ0v) is 13.0. The minimum Gasteiger partial charge on any atom is -0.396 e. The van der Waals surface area contributed by atoms with Crippen molar-refractivity contribution in [3.63, 3.8) is 0 Å². The molecule has 0 aliphatic heterocycles. The number of carbonyl (C=O) groups is 1. The maximum absolute atomic E-state index is 12.0. The van der Waals surface area contributed by atoms with E-state index in [1.165, 1.54) is 0 Å². The molecule has 0 bridgehead atoms. The van der Waals surface area contributed by atoms with Crippen LogP contribution in [0.1, 0.15) is 41.2 Å². The molecule has 6 heteroatoms. The fraction of sp³-hybridized carbons (Fsp3) is 0.467. The second kappa shape index (κ2) is 7.95. The quantitative estimate of drug-likeness (QED) is 0.656. The van der Waals surface area contributed by atoms with E-state index in [2.05, 4.69) is 15.3 Å². The number of nitrogens with one attached hydrogen (secondary N) is 2. The van der Waals surface area contributed by atoms with Crippen LogP contribution < -0.4 is 5.32 Å². The Balaban J connectivity index is 1.79. The summed E-state index contributed by atoms with van der Waals surface area (Å²) in [4.78, 5) is 19.4. The van der Waals surface area contributed by atoms with Crippen LogP contribution in [0.3, 0.4) is 0 Å². The van der Waals surface area contributed by atoms with Crippen LogP contribution in [0.2, 0.25) is 0 Å². The molecule has 0 saturated heterocycles. The van der Waals surface area contributed by atoms with Crippen molar-refractivity contribution in [2.45, 2.75) is 32.6 Å². The van der Waals surface area contributed by atoms with Gasteiger partial charge in [0.25, 0.3) is 5.91 Å². The largest absolute Gasteiger partial charge is 0.396 e. The number of unbranched alkanes of at least 4 members (excludes halogenated alkanes) is 3. The number of amides is 1. The van der Waals surface area contributed by atoms with Gasteiger partial charge in [-0.2, -0.15) is 0 Å². The number of aliphatic hydroxyl groups is 1. The smallest absolute Gasteiger partial charge is 0.267 e. The van der Waals surface area contributed by atoms with Gasteiger partial charge in [0.1, 0.15) is 5.69 Å². The van der Waals surface area contributed by atoms with Gasteiger partial charge in [-0.25, -0.2) is 4.98 Å². The highest BCUT2D eigenvalue weighted by Gasteiger charge is 2.10. The molecule has 114 valence electrons. The summed E-state index contributed by atoms with van der Waals surface area (Å²) in [5, 5.41) is 14.6. The Morgan fingerprint density at radius 1 is 1.38 bits per heavy atom. The summed E-state index contributed by atoms with van der Waals surface area (Å²) in [5.41, 5.74) is 2.40. The minimum atomic E-state index is -0.0876. The Kier molecular flexibility index (Phi) is 5.95. The van der Waals surface area contributed by atoms with Crippen molar-refractivity contribution in [3.8, 4) is 11.3 Å². The summed E-state index contributed by atoms with van der Waals surface area (Å²) in [6.45, 7) is 2.87. The molecule has 2 heterocycles. The van der Waals surface area contributed by atoms with Crippen LogP contribution in [0.5, 0.6) is 0 Å². The first-order chi connectivity index (χ1) is 10.2. The Hall–Kier alpha value is -1.66. The maximum atomic E-state index is 12.0. The van der Waals surface area contributed by atoms with E-state index >= 15 is 0 Å². The molecule has 5 nitrogen and oxygen atoms in total. The van der Waals surface area contributed by atoms with E-state index in [0.29, 0.717) is 12.2 Å². The standard InChI is InChI=1S/C15H21N3O2S/c1-11-18-14(10-21-11)12-8-13(17-9-12)15(20)16-6-4-2-3-5-7-19/h8-10,17,19H,2-7H2,1H3,(H,16,20). The molecule has 0 fully saturated rings. The van der Waals surface area contributed by atoms with Gasteiger partial charge in [0.05, 0.1) is 10.7 Å². The lowest BCUT2D eigenvalue weighted by Gasteiger charge is -2.03. The number of aromatic nitrogens is 2. The van der Waals surface area contributed by atoms with E-state index in [4.69, 9.17) is 5.11 Å². The van der Waals surface area contributed by atoms with Gasteiger partial charge < -0.3 is 15.4 Å². The van der Waals surface area contributed by atoms with Crippen molar-refractivity contribution < 1.29 is 9.90 Å². The van der Waals surface area contributed by atoms with Crippen LogP contribution in [-0.2, 0) is 0 Å². The van der Waals surface area contributed by atoms with E-state index in [9.17, 15) is 4.79 Å². The van der Waals surface area contributed by atoms with Crippen LogP contribution in [0.4, 0.5) is 0 Å². The molecule has 21 heavy (non-hydrogen) atoms. The molecule has 0 spiro atoms. The molecule has 0 radical (unpaired) electrons. The highest BCUT2D eigenvalue weighted by Crippen LogP contribution is 2.22. The number of carbonyl (C=O) groups excluding carboxylic acids is 1. The van der Waals surface area contributed by atoms with Gasteiger partial charge in [-0.1, -0.05) is 12.8 Å². The fourth-order valence-corrected chi connectivity index (χ4v) is 2.68. The molecule has 2 rings (SSSR count). The normalized spacial score (nSPS) is 10.8. The van der Waals surface area contributed by atoms with Gasteiger partial charge in [0.15, 0.2) is 0 Å².